The largest absolute Gasteiger partial charge is 0.378 e. The van der Waals surface area contributed by atoms with Gasteiger partial charge in [0.25, 0.3) is 0 Å². The minimum atomic E-state index is 0.110. The van der Waals surface area contributed by atoms with E-state index in [2.05, 4.69) is 89.3 Å². The summed E-state index contributed by atoms with van der Waals surface area (Å²) in [5, 5.41) is 12.3. The number of hydrogen-bond acceptors (Lipinski definition) is 5. The highest BCUT2D eigenvalue weighted by atomic mass is 32.2. The summed E-state index contributed by atoms with van der Waals surface area (Å²) in [5.41, 5.74) is 4.62. The molecular formula is C27H28N4O2S. The van der Waals surface area contributed by atoms with Crippen LogP contribution in [0.3, 0.4) is 0 Å². The number of fused-ring (bicyclic) bond motifs is 1. The Morgan fingerprint density at radius 2 is 1.79 bits per heavy atom. The fourth-order valence-corrected chi connectivity index (χ4v) is 5.32. The predicted molar refractivity (Wildman–Crippen MR) is 136 cm³/mol. The van der Waals surface area contributed by atoms with E-state index >= 15 is 0 Å². The molecule has 34 heavy (non-hydrogen) atoms. The molecule has 1 amide bonds. The summed E-state index contributed by atoms with van der Waals surface area (Å²) in [5.74, 6) is 1.31. The Morgan fingerprint density at radius 1 is 1.00 bits per heavy atom. The lowest BCUT2D eigenvalue weighted by molar-refractivity contribution is -0.132. The van der Waals surface area contributed by atoms with Crippen molar-refractivity contribution in [3.05, 3.63) is 83.2 Å². The topological polar surface area (TPSA) is 60.2 Å². The molecule has 0 aliphatic carbocycles. The van der Waals surface area contributed by atoms with Crippen molar-refractivity contribution in [1.82, 2.24) is 19.7 Å². The number of rotatable bonds is 6. The van der Waals surface area contributed by atoms with Crippen molar-refractivity contribution in [3.63, 3.8) is 0 Å². The zero-order chi connectivity index (χ0) is 23.5. The van der Waals surface area contributed by atoms with Crippen LogP contribution in [0.25, 0.3) is 16.5 Å². The molecule has 0 saturated carbocycles. The number of aromatic nitrogens is 3. The van der Waals surface area contributed by atoms with E-state index in [1.165, 1.54) is 33.7 Å². The van der Waals surface area contributed by atoms with Crippen molar-refractivity contribution < 1.29 is 9.53 Å². The van der Waals surface area contributed by atoms with Gasteiger partial charge in [0.1, 0.15) is 5.82 Å². The maximum absolute atomic E-state index is 12.8. The molecule has 4 aromatic rings. The van der Waals surface area contributed by atoms with Crippen LogP contribution in [0.2, 0.25) is 0 Å². The molecule has 5 rings (SSSR count). The molecule has 0 unspecified atom stereocenters. The van der Waals surface area contributed by atoms with Crippen LogP contribution in [0.5, 0.6) is 0 Å². The molecule has 3 aromatic carbocycles. The average Bonchev–Trinajstić information content (AvgIpc) is 3.25. The zero-order valence-corrected chi connectivity index (χ0v) is 20.3. The third kappa shape index (κ3) is 4.72. The van der Waals surface area contributed by atoms with Gasteiger partial charge < -0.3 is 9.64 Å². The molecule has 0 spiro atoms. The number of thioether (sulfide) groups is 1. The third-order valence-corrected chi connectivity index (χ3v) is 7.12. The molecule has 6 nitrogen and oxygen atoms in total. The summed E-state index contributed by atoms with van der Waals surface area (Å²) < 4.78 is 7.49. The van der Waals surface area contributed by atoms with E-state index < -0.39 is 0 Å². The van der Waals surface area contributed by atoms with Gasteiger partial charge in [0.2, 0.25) is 5.91 Å². The maximum atomic E-state index is 12.8. The monoisotopic (exact) mass is 472 g/mol. The number of benzene rings is 3. The van der Waals surface area contributed by atoms with E-state index in [9.17, 15) is 4.79 Å². The second kappa shape index (κ2) is 9.99. The van der Waals surface area contributed by atoms with Gasteiger partial charge in [-0.05, 0) is 41.8 Å². The second-order valence-corrected chi connectivity index (χ2v) is 9.56. The molecule has 2 heterocycles. The van der Waals surface area contributed by atoms with Gasteiger partial charge in [0.05, 0.1) is 24.7 Å². The van der Waals surface area contributed by atoms with Gasteiger partial charge in [-0.2, -0.15) is 0 Å². The summed E-state index contributed by atoms with van der Waals surface area (Å²) in [6, 6.07) is 21.2. The fourth-order valence-electron chi connectivity index (χ4n) is 4.45. The Labute approximate surface area is 203 Å². The number of carbonyl (C=O) groups is 1. The molecule has 0 radical (unpaired) electrons. The molecule has 1 saturated heterocycles. The van der Waals surface area contributed by atoms with Gasteiger partial charge >= 0.3 is 0 Å². The van der Waals surface area contributed by atoms with E-state index in [-0.39, 0.29) is 5.91 Å². The molecule has 0 N–H and O–H groups in total. The van der Waals surface area contributed by atoms with Crippen LogP contribution >= 0.6 is 11.8 Å². The van der Waals surface area contributed by atoms with Crippen molar-refractivity contribution in [2.24, 2.45) is 0 Å². The highest BCUT2D eigenvalue weighted by molar-refractivity contribution is 7.99. The summed E-state index contributed by atoms with van der Waals surface area (Å²) in [4.78, 5) is 14.6. The molecule has 0 atom stereocenters. The van der Waals surface area contributed by atoms with Crippen LogP contribution in [-0.4, -0.2) is 57.6 Å². The Morgan fingerprint density at radius 3 is 2.62 bits per heavy atom. The fraction of sp³-hybridized carbons (Fsp3) is 0.296. The lowest BCUT2D eigenvalue weighted by atomic mass is 10.0. The van der Waals surface area contributed by atoms with Gasteiger partial charge in [0.15, 0.2) is 5.16 Å². The number of amides is 1. The van der Waals surface area contributed by atoms with Crippen molar-refractivity contribution in [3.8, 4) is 5.69 Å². The summed E-state index contributed by atoms with van der Waals surface area (Å²) in [6.45, 7) is 6.70. The van der Waals surface area contributed by atoms with Crippen LogP contribution < -0.4 is 0 Å². The van der Waals surface area contributed by atoms with E-state index in [1.807, 2.05) is 4.90 Å². The average molecular weight is 473 g/mol. The molecule has 174 valence electrons. The van der Waals surface area contributed by atoms with Gasteiger partial charge in [-0.25, -0.2) is 0 Å². The smallest absolute Gasteiger partial charge is 0.233 e. The second-order valence-electron chi connectivity index (χ2n) is 8.62. The summed E-state index contributed by atoms with van der Waals surface area (Å²) >= 11 is 1.45. The van der Waals surface area contributed by atoms with Crippen LogP contribution in [0, 0.1) is 13.8 Å². The van der Waals surface area contributed by atoms with Crippen molar-refractivity contribution in [2.75, 3.05) is 32.1 Å². The van der Waals surface area contributed by atoms with E-state index in [1.54, 1.807) is 0 Å². The Bertz CT molecular complexity index is 1320. The van der Waals surface area contributed by atoms with E-state index in [0.717, 1.165) is 22.2 Å². The molecule has 1 aliphatic rings. The number of hydrogen-bond donors (Lipinski definition) is 0. The number of morpholine rings is 1. The first-order valence-electron chi connectivity index (χ1n) is 11.6. The Kier molecular flexibility index (Phi) is 6.65. The summed E-state index contributed by atoms with van der Waals surface area (Å²) in [7, 11) is 0. The normalized spacial score (nSPS) is 14.0. The van der Waals surface area contributed by atoms with Crippen LogP contribution in [0.4, 0.5) is 0 Å². The van der Waals surface area contributed by atoms with Crippen LogP contribution in [0.15, 0.2) is 65.8 Å². The van der Waals surface area contributed by atoms with Gasteiger partial charge in [-0.15, -0.1) is 10.2 Å². The van der Waals surface area contributed by atoms with Crippen molar-refractivity contribution in [1.29, 1.82) is 0 Å². The number of aryl methyl sites for hydroxylation is 2. The lowest BCUT2D eigenvalue weighted by Crippen LogP contribution is -2.41. The van der Waals surface area contributed by atoms with E-state index in [4.69, 9.17) is 4.74 Å². The van der Waals surface area contributed by atoms with Crippen LogP contribution in [0.1, 0.15) is 22.5 Å². The maximum Gasteiger partial charge on any atom is 0.233 e. The quantitative estimate of drug-likeness (QED) is 0.385. The number of nitrogens with zero attached hydrogens (tertiary/aromatic N) is 4. The summed E-state index contributed by atoms with van der Waals surface area (Å²) in [6.07, 6.45) is 0.652. The predicted octanol–water partition coefficient (Wildman–Crippen LogP) is 4.58. The highest BCUT2D eigenvalue weighted by Crippen LogP contribution is 2.28. The molecule has 7 heteroatoms. The molecule has 1 fully saturated rings. The Balaban J connectivity index is 1.49. The van der Waals surface area contributed by atoms with Crippen LogP contribution in [-0.2, 0) is 16.0 Å². The first-order valence-corrected chi connectivity index (χ1v) is 12.6. The minimum absolute atomic E-state index is 0.110. The zero-order valence-electron chi connectivity index (χ0n) is 19.5. The molecular weight excluding hydrogens is 444 g/mol. The molecule has 1 aliphatic heterocycles. The lowest BCUT2D eigenvalue weighted by Gasteiger charge is -2.26. The van der Waals surface area contributed by atoms with Gasteiger partial charge in [0, 0.05) is 19.5 Å². The standard InChI is InChI=1S/C27H28N4O2S/c1-19-10-11-24(20(2)16-19)31-25(17-22-8-5-7-21-6-3-4-9-23(21)22)28-29-27(31)34-18-26(32)30-12-14-33-15-13-30/h3-11,16H,12-15,17-18H2,1-2H3. The SMILES string of the molecule is Cc1ccc(-n2c(Cc3cccc4ccccc34)nnc2SCC(=O)N2CCOCC2)c(C)c1. The van der Waals surface area contributed by atoms with Crippen molar-refractivity contribution >= 4 is 28.4 Å². The van der Waals surface area contributed by atoms with Crippen molar-refractivity contribution in [2.45, 2.75) is 25.4 Å². The number of carbonyl (C=O) groups excluding carboxylic acids is 1. The number of ether oxygens (including phenoxy) is 1. The Hall–Kier alpha value is -3.16. The van der Waals surface area contributed by atoms with E-state index in [0.29, 0.717) is 38.5 Å². The first kappa shape index (κ1) is 22.6. The van der Waals surface area contributed by atoms with Gasteiger partial charge in [-0.3, -0.25) is 9.36 Å². The molecule has 1 aromatic heterocycles. The third-order valence-electron chi connectivity index (χ3n) is 6.21. The highest BCUT2D eigenvalue weighted by Gasteiger charge is 2.21. The molecule has 0 bridgehead atoms. The van der Waals surface area contributed by atoms with Gasteiger partial charge in [-0.1, -0.05) is 71.9 Å². The first-order chi connectivity index (χ1) is 16.6. The minimum Gasteiger partial charge on any atom is -0.378 e.